The summed E-state index contributed by atoms with van der Waals surface area (Å²) in [4.78, 5) is 2.15. The molecule has 1 saturated heterocycles. The van der Waals surface area contributed by atoms with E-state index in [0.29, 0.717) is 11.7 Å². The number of nitrogens with two attached hydrogens (primary N) is 1. The van der Waals surface area contributed by atoms with E-state index >= 15 is 0 Å². The molecular formula is C13H19FN2S. The normalized spacial score (nSPS) is 22.6. The molecule has 94 valence electrons. The molecule has 2 nitrogen and oxygen atoms in total. The molecule has 1 aliphatic rings. The Morgan fingerprint density at radius 3 is 2.88 bits per heavy atom. The Hall–Kier alpha value is -0.740. The number of nitrogens with zero attached hydrogens (tertiary/aromatic N) is 1. The lowest BCUT2D eigenvalue weighted by atomic mass is 10.1. The van der Waals surface area contributed by atoms with Gasteiger partial charge in [-0.25, -0.2) is 4.39 Å². The van der Waals surface area contributed by atoms with E-state index in [2.05, 4.69) is 11.8 Å². The Morgan fingerprint density at radius 1 is 1.53 bits per heavy atom. The van der Waals surface area contributed by atoms with E-state index in [1.54, 1.807) is 6.07 Å². The molecule has 2 unspecified atom stereocenters. The monoisotopic (exact) mass is 254 g/mol. The Kier molecular flexibility index (Phi) is 3.94. The summed E-state index contributed by atoms with van der Waals surface area (Å²) in [7, 11) is 0. The van der Waals surface area contributed by atoms with Crippen LogP contribution in [0.25, 0.3) is 0 Å². The molecule has 4 heteroatoms. The molecular weight excluding hydrogens is 235 g/mol. The first kappa shape index (κ1) is 12.7. The van der Waals surface area contributed by atoms with E-state index in [4.69, 9.17) is 5.73 Å². The molecule has 2 atom stereocenters. The van der Waals surface area contributed by atoms with Crippen molar-refractivity contribution >= 4 is 17.4 Å². The SMILES string of the molecule is CC(N)c1ccc(N2CCSCC2C)c(F)c1. The quantitative estimate of drug-likeness (QED) is 0.880. The molecule has 1 aromatic rings. The van der Waals surface area contributed by atoms with Gasteiger partial charge in [0.25, 0.3) is 0 Å². The zero-order chi connectivity index (χ0) is 12.4. The van der Waals surface area contributed by atoms with Gasteiger partial charge in [-0.3, -0.25) is 0 Å². The van der Waals surface area contributed by atoms with Gasteiger partial charge in [-0.15, -0.1) is 0 Å². The van der Waals surface area contributed by atoms with Crippen LogP contribution in [0.15, 0.2) is 18.2 Å². The maximum absolute atomic E-state index is 14.1. The standard InChI is InChI=1S/C13H19FN2S/c1-9-8-17-6-5-16(9)13-4-3-11(10(2)15)7-12(13)14/h3-4,7,9-10H,5-6,8,15H2,1-2H3. The average Bonchev–Trinajstić information content (AvgIpc) is 2.30. The topological polar surface area (TPSA) is 29.3 Å². The van der Waals surface area contributed by atoms with Gasteiger partial charge in [0.05, 0.1) is 5.69 Å². The highest BCUT2D eigenvalue weighted by atomic mass is 32.2. The summed E-state index contributed by atoms with van der Waals surface area (Å²) in [5, 5.41) is 0. The Balaban J connectivity index is 2.26. The summed E-state index contributed by atoms with van der Waals surface area (Å²) in [5.41, 5.74) is 7.32. The number of halogens is 1. The van der Waals surface area contributed by atoms with Crippen LogP contribution in [0.3, 0.4) is 0 Å². The van der Waals surface area contributed by atoms with Gasteiger partial charge in [0.1, 0.15) is 5.82 Å². The lowest BCUT2D eigenvalue weighted by Gasteiger charge is -2.35. The molecule has 2 N–H and O–H groups in total. The van der Waals surface area contributed by atoms with E-state index in [-0.39, 0.29) is 11.9 Å². The van der Waals surface area contributed by atoms with Crippen molar-refractivity contribution in [1.29, 1.82) is 0 Å². The maximum Gasteiger partial charge on any atom is 0.146 e. The van der Waals surface area contributed by atoms with E-state index in [0.717, 1.165) is 23.6 Å². The van der Waals surface area contributed by atoms with E-state index < -0.39 is 0 Å². The number of anilines is 1. The Labute approximate surface area is 106 Å². The molecule has 1 fully saturated rings. The molecule has 0 bridgehead atoms. The van der Waals surface area contributed by atoms with Crippen LogP contribution in [0.1, 0.15) is 25.5 Å². The largest absolute Gasteiger partial charge is 0.365 e. The molecule has 0 aliphatic carbocycles. The van der Waals surface area contributed by atoms with E-state index in [1.807, 2.05) is 30.8 Å². The Bertz CT molecular complexity index is 395. The van der Waals surface area contributed by atoms with Crippen molar-refractivity contribution in [3.63, 3.8) is 0 Å². The summed E-state index contributed by atoms with van der Waals surface area (Å²) >= 11 is 1.93. The van der Waals surface area contributed by atoms with Crippen molar-refractivity contribution in [2.45, 2.75) is 25.9 Å². The number of hydrogen-bond donors (Lipinski definition) is 1. The number of rotatable bonds is 2. The fourth-order valence-electron chi connectivity index (χ4n) is 2.12. The number of benzene rings is 1. The van der Waals surface area contributed by atoms with Gasteiger partial charge in [0, 0.05) is 30.1 Å². The van der Waals surface area contributed by atoms with Crippen molar-refractivity contribution in [3.05, 3.63) is 29.6 Å². The van der Waals surface area contributed by atoms with Crippen LogP contribution in [-0.4, -0.2) is 24.1 Å². The van der Waals surface area contributed by atoms with Gasteiger partial charge >= 0.3 is 0 Å². The molecule has 2 rings (SSSR count). The highest BCUT2D eigenvalue weighted by molar-refractivity contribution is 7.99. The molecule has 1 aromatic carbocycles. The molecule has 1 aliphatic heterocycles. The van der Waals surface area contributed by atoms with Crippen LogP contribution >= 0.6 is 11.8 Å². The molecule has 0 radical (unpaired) electrons. The minimum Gasteiger partial charge on any atom is -0.365 e. The number of hydrogen-bond acceptors (Lipinski definition) is 3. The molecule has 0 saturated carbocycles. The fraction of sp³-hybridized carbons (Fsp3) is 0.538. The average molecular weight is 254 g/mol. The summed E-state index contributed by atoms with van der Waals surface area (Å²) in [6.45, 7) is 4.93. The third-order valence-corrected chi connectivity index (χ3v) is 4.36. The van der Waals surface area contributed by atoms with Crippen LogP contribution in [-0.2, 0) is 0 Å². The minimum atomic E-state index is -0.154. The molecule has 1 heterocycles. The van der Waals surface area contributed by atoms with Gasteiger partial charge in [-0.2, -0.15) is 11.8 Å². The second-order valence-electron chi connectivity index (χ2n) is 4.62. The van der Waals surface area contributed by atoms with Crippen LogP contribution in [0.2, 0.25) is 0 Å². The maximum atomic E-state index is 14.1. The fourth-order valence-corrected chi connectivity index (χ4v) is 3.14. The van der Waals surface area contributed by atoms with Crippen molar-refractivity contribution in [2.24, 2.45) is 5.73 Å². The first-order valence-corrected chi connectivity index (χ1v) is 7.14. The summed E-state index contributed by atoms with van der Waals surface area (Å²) in [6, 6.07) is 5.63. The first-order chi connectivity index (χ1) is 8.09. The van der Waals surface area contributed by atoms with Gasteiger partial charge in [0.2, 0.25) is 0 Å². The lowest BCUT2D eigenvalue weighted by Crippen LogP contribution is -2.40. The summed E-state index contributed by atoms with van der Waals surface area (Å²) < 4.78 is 14.1. The molecule has 0 spiro atoms. The van der Waals surface area contributed by atoms with E-state index in [9.17, 15) is 4.39 Å². The number of thioether (sulfide) groups is 1. The molecule has 0 amide bonds. The highest BCUT2D eigenvalue weighted by Gasteiger charge is 2.21. The third kappa shape index (κ3) is 2.75. The van der Waals surface area contributed by atoms with Crippen LogP contribution in [0, 0.1) is 5.82 Å². The first-order valence-electron chi connectivity index (χ1n) is 5.99. The minimum absolute atomic E-state index is 0.118. The van der Waals surface area contributed by atoms with Crippen molar-refractivity contribution < 1.29 is 4.39 Å². The predicted molar refractivity (Wildman–Crippen MR) is 73.1 cm³/mol. The zero-order valence-electron chi connectivity index (χ0n) is 10.3. The smallest absolute Gasteiger partial charge is 0.146 e. The lowest BCUT2D eigenvalue weighted by molar-refractivity contribution is 0.599. The summed E-state index contributed by atoms with van der Waals surface area (Å²) in [6.07, 6.45) is 0. The van der Waals surface area contributed by atoms with Crippen LogP contribution in [0.5, 0.6) is 0 Å². The third-order valence-electron chi connectivity index (χ3n) is 3.17. The van der Waals surface area contributed by atoms with Gasteiger partial charge < -0.3 is 10.6 Å². The molecule has 17 heavy (non-hydrogen) atoms. The second-order valence-corrected chi connectivity index (χ2v) is 5.77. The van der Waals surface area contributed by atoms with Crippen LogP contribution < -0.4 is 10.6 Å². The molecule has 0 aromatic heterocycles. The van der Waals surface area contributed by atoms with Crippen molar-refractivity contribution in [3.8, 4) is 0 Å². The second kappa shape index (κ2) is 5.27. The van der Waals surface area contributed by atoms with Gasteiger partial charge in [-0.05, 0) is 31.5 Å². The van der Waals surface area contributed by atoms with Crippen LogP contribution in [0.4, 0.5) is 10.1 Å². The van der Waals surface area contributed by atoms with Gasteiger partial charge in [-0.1, -0.05) is 6.07 Å². The van der Waals surface area contributed by atoms with E-state index in [1.165, 1.54) is 0 Å². The predicted octanol–water partition coefficient (Wildman–Crippen LogP) is 2.79. The highest BCUT2D eigenvalue weighted by Crippen LogP contribution is 2.28. The van der Waals surface area contributed by atoms with Gasteiger partial charge in [0.15, 0.2) is 0 Å². The summed E-state index contributed by atoms with van der Waals surface area (Å²) in [5.74, 6) is 1.98. The Morgan fingerprint density at radius 2 is 2.29 bits per heavy atom. The van der Waals surface area contributed by atoms with Crippen molar-refractivity contribution in [2.75, 3.05) is 23.0 Å². The zero-order valence-corrected chi connectivity index (χ0v) is 11.1. The van der Waals surface area contributed by atoms with Crippen molar-refractivity contribution in [1.82, 2.24) is 0 Å².